The highest BCUT2D eigenvalue weighted by molar-refractivity contribution is 4.67. The highest BCUT2D eigenvalue weighted by atomic mass is 14.9. The van der Waals surface area contributed by atoms with Crippen molar-refractivity contribution in [2.45, 2.75) is 47.1 Å². The fourth-order valence-corrected chi connectivity index (χ4v) is 0.625. The number of rotatable bonds is 3. The van der Waals surface area contributed by atoms with Gasteiger partial charge in [0.05, 0.1) is 0 Å². The Morgan fingerprint density at radius 2 is 1.80 bits per heavy atom. The summed E-state index contributed by atoms with van der Waals surface area (Å²) < 4.78 is 0. The van der Waals surface area contributed by atoms with E-state index in [9.17, 15) is 0 Å². The molecule has 0 aliphatic rings. The summed E-state index contributed by atoms with van der Waals surface area (Å²) in [6.07, 6.45) is 1.22. The molecule has 0 unspecified atom stereocenters. The van der Waals surface area contributed by atoms with Crippen molar-refractivity contribution in [3.05, 3.63) is 0 Å². The fourth-order valence-electron chi connectivity index (χ4n) is 0.625. The van der Waals surface area contributed by atoms with Crippen LogP contribution in [0.2, 0.25) is 0 Å². The summed E-state index contributed by atoms with van der Waals surface area (Å²) in [7, 11) is 0. The number of hydrogen-bond donors (Lipinski definition) is 1. The van der Waals surface area contributed by atoms with E-state index in [0.29, 0.717) is 11.5 Å². The molecular formula is C9H21N. The molecule has 0 amide bonds. The molecule has 0 bridgehead atoms. The lowest BCUT2D eigenvalue weighted by atomic mass is 9.96. The Labute approximate surface area is 65.2 Å². The standard InChI is InChI=1S/C9H21N/c1-6-8(2)10-7-9(3,4)5/h8,10H,6-7H2,1-5H3/t8-/m0/s1. The molecule has 0 spiro atoms. The summed E-state index contributed by atoms with van der Waals surface area (Å²) in [5, 5.41) is 3.47. The third-order valence-electron chi connectivity index (χ3n) is 1.59. The summed E-state index contributed by atoms with van der Waals surface area (Å²) in [5.41, 5.74) is 0.420. The monoisotopic (exact) mass is 143 g/mol. The van der Waals surface area contributed by atoms with Crippen LogP contribution in [0.3, 0.4) is 0 Å². The van der Waals surface area contributed by atoms with Gasteiger partial charge in [-0.15, -0.1) is 0 Å². The first-order valence-electron chi connectivity index (χ1n) is 4.19. The second-order valence-electron chi connectivity index (χ2n) is 4.25. The van der Waals surface area contributed by atoms with Crippen LogP contribution in [-0.4, -0.2) is 12.6 Å². The van der Waals surface area contributed by atoms with Gasteiger partial charge in [0.15, 0.2) is 0 Å². The van der Waals surface area contributed by atoms with Crippen LogP contribution >= 0.6 is 0 Å². The Morgan fingerprint density at radius 1 is 1.30 bits per heavy atom. The van der Waals surface area contributed by atoms with Crippen LogP contribution in [0.5, 0.6) is 0 Å². The highest BCUT2D eigenvalue weighted by Gasteiger charge is 2.10. The Kier molecular flexibility index (Phi) is 3.95. The van der Waals surface area contributed by atoms with Crippen LogP contribution in [-0.2, 0) is 0 Å². The van der Waals surface area contributed by atoms with E-state index in [1.165, 1.54) is 6.42 Å². The first-order chi connectivity index (χ1) is 4.45. The molecule has 62 valence electrons. The van der Waals surface area contributed by atoms with Crippen molar-refractivity contribution in [1.82, 2.24) is 5.32 Å². The van der Waals surface area contributed by atoms with Gasteiger partial charge in [0.1, 0.15) is 0 Å². The molecule has 0 fully saturated rings. The summed E-state index contributed by atoms with van der Waals surface area (Å²) in [4.78, 5) is 0. The molecule has 0 aliphatic heterocycles. The van der Waals surface area contributed by atoms with Crippen LogP contribution < -0.4 is 5.32 Å². The van der Waals surface area contributed by atoms with E-state index in [4.69, 9.17) is 0 Å². The molecular weight excluding hydrogens is 122 g/mol. The van der Waals surface area contributed by atoms with E-state index < -0.39 is 0 Å². The molecule has 0 heterocycles. The van der Waals surface area contributed by atoms with Crippen LogP contribution in [0.15, 0.2) is 0 Å². The fraction of sp³-hybridized carbons (Fsp3) is 1.00. The first kappa shape index (κ1) is 9.96. The minimum atomic E-state index is 0.420. The lowest BCUT2D eigenvalue weighted by Gasteiger charge is -2.21. The molecule has 1 atom stereocenters. The van der Waals surface area contributed by atoms with Gasteiger partial charge >= 0.3 is 0 Å². The average molecular weight is 143 g/mol. The molecule has 0 aromatic rings. The molecule has 1 N–H and O–H groups in total. The zero-order valence-corrected chi connectivity index (χ0v) is 7.99. The van der Waals surface area contributed by atoms with Gasteiger partial charge in [0, 0.05) is 12.6 Å². The molecule has 0 rings (SSSR count). The average Bonchev–Trinajstić information content (AvgIpc) is 1.81. The van der Waals surface area contributed by atoms with Gasteiger partial charge in [-0.25, -0.2) is 0 Å². The second kappa shape index (κ2) is 3.97. The first-order valence-corrected chi connectivity index (χ1v) is 4.19. The van der Waals surface area contributed by atoms with E-state index >= 15 is 0 Å². The number of hydrogen-bond acceptors (Lipinski definition) is 1. The summed E-state index contributed by atoms with van der Waals surface area (Å²) in [6, 6.07) is 0.666. The summed E-state index contributed by atoms with van der Waals surface area (Å²) in [5.74, 6) is 0. The van der Waals surface area contributed by atoms with Crippen LogP contribution in [0, 0.1) is 5.41 Å². The van der Waals surface area contributed by atoms with Crippen LogP contribution in [0.4, 0.5) is 0 Å². The molecule has 0 aliphatic carbocycles. The van der Waals surface area contributed by atoms with Gasteiger partial charge in [-0.05, 0) is 18.8 Å². The van der Waals surface area contributed by atoms with Gasteiger partial charge in [0.25, 0.3) is 0 Å². The van der Waals surface area contributed by atoms with E-state index in [1.807, 2.05) is 0 Å². The predicted molar refractivity (Wildman–Crippen MR) is 47.2 cm³/mol. The lowest BCUT2D eigenvalue weighted by molar-refractivity contribution is 0.354. The molecule has 0 aromatic heterocycles. The van der Waals surface area contributed by atoms with E-state index in [2.05, 4.69) is 39.9 Å². The molecule has 0 saturated carbocycles. The maximum absolute atomic E-state index is 3.47. The van der Waals surface area contributed by atoms with Gasteiger partial charge in [-0.2, -0.15) is 0 Å². The lowest BCUT2D eigenvalue weighted by Crippen LogP contribution is -2.33. The third kappa shape index (κ3) is 6.09. The van der Waals surface area contributed by atoms with Crippen LogP contribution in [0.1, 0.15) is 41.0 Å². The van der Waals surface area contributed by atoms with Crippen molar-refractivity contribution in [3.8, 4) is 0 Å². The molecule has 0 aromatic carbocycles. The zero-order chi connectivity index (χ0) is 8.20. The van der Waals surface area contributed by atoms with Crippen molar-refractivity contribution in [3.63, 3.8) is 0 Å². The van der Waals surface area contributed by atoms with E-state index in [0.717, 1.165) is 6.54 Å². The van der Waals surface area contributed by atoms with Gasteiger partial charge < -0.3 is 5.32 Å². The van der Waals surface area contributed by atoms with E-state index in [1.54, 1.807) is 0 Å². The van der Waals surface area contributed by atoms with Crippen molar-refractivity contribution in [1.29, 1.82) is 0 Å². The Balaban J connectivity index is 3.36. The second-order valence-corrected chi connectivity index (χ2v) is 4.25. The van der Waals surface area contributed by atoms with Gasteiger partial charge in [0.2, 0.25) is 0 Å². The zero-order valence-electron chi connectivity index (χ0n) is 7.99. The van der Waals surface area contributed by atoms with Crippen molar-refractivity contribution in [2.75, 3.05) is 6.54 Å². The minimum absolute atomic E-state index is 0.420. The van der Waals surface area contributed by atoms with Gasteiger partial charge in [-0.1, -0.05) is 27.7 Å². The highest BCUT2D eigenvalue weighted by Crippen LogP contribution is 2.10. The molecule has 1 heteroatoms. The van der Waals surface area contributed by atoms with Gasteiger partial charge in [-0.3, -0.25) is 0 Å². The minimum Gasteiger partial charge on any atom is -0.314 e. The summed E-state index contributed by atoms with van der Waals surface area (Å²) >= 11 is 0. The Hall–Kier alpha value is -0.0400. The van der Waals surface area contributed by atoms with Crippen LogP contribution in [0.25, 0.3) is 0 Å². The predicted octanol–water partition coefficient (Wildman–Crippen LogP) is 2.42. The molecule has 0 saturated heterocycles. The molecule has 1 nitrogen and oxygen atoms in total. The number of nitrogens with one attached hydrogen (secondary N) is 1. The molecule has 0 radical (unpaired) electrons. The Morgan fingerprint density at radius 3 is 2.10 bits per heavy atom. The summed E-state index contributed by atoms with van der Waals surface area (Å²) in [6.45, 7) is 12.3. The van der Waals surface area contributed by atoms with Crippen molar-refractivity contribution in [2.24, 2.45) is 5.41 Å². The smallest absolute Gasteiger partial charge is 0.00363 e. The largest absolute Gasteiger partial charge is 0.314 e. The topological polar surface area (TPSA) is 12.0 Å². The Bertz CT molecular complexity index is 81.2. The quantitative estimate of drug-likeness (QED) is 0.640. The third-order valence-corrected chi connectivity index (χ3v) is 1.59. The normalized spacial score (nSPS) is 15.3. The maximum atomic E-state index is 3.47. The van der Waals surface area contributed by atoms with E-state index in [-0.39, 0.29) is 0 Å². The SMILES string of the molecule is CC[C@H](C)NCC(C)(C)C. The molecule has 10 heavy (non-hydrogen) atoms. The maximum Gasteiger partial charge on any atom is 0.00363 e. The van der Waals surface area contributed by atoms with Crippen molar-refractivity contribution < 1.29 is 0 Å². The van der Waals surface area contributed by atoms with Crippen molar-refractivity contribution >= 4 is 0 Å².